The van der Waals surface area contributed by atoms with Gasteiger partial charge >= 0.3 is 0 Å². The van der Waals surface area contributed by atoms with Gasteiger partial charge in [0.1, 0.15) is 11.3 Å². The Hall–Kier alpha value is -3.56. The molecule has 0 fully saturated rings. The number of nitrogens with one attached hydrogen (secondary N) is 1. The summed E-state index contributed by atoms with van der Waals surface area (Å²) in [6.45, 7) is 3.33. The number of pyridine rings is 1. The molecule has 4 rings (SSSR count). The Morgan fingerprint density at radius 3 is 2.97 bits per heavy atom. The van der Waals surface area contributed by atoms with Gasteiger partial charge in [-0.25, -0.2) is 4.98 Å². The molecule has 0 aliphatic rings. The summed E-state index contributed by atoms with van der Waals surface area (Å²) in [7, 11) is 1.92. The van der Waals surface area contributed by atoms with Crippen LogP contribution in [0.3, 0.4) is 0 Å². The van der Waals surface area contributed by atoms with E-state index in [-0.39, 0.29) is 12.5 Å². The first-order valence-corrected chi connectivity index (χ1v) is 10.0. The Kier molecular flexibility index (Phi) is 6.06. The molecule has 4 aromatic rings. The number of aryl methyl sites for hydroxylation is 1. The third-order valence-electron chi connectivity index (χ3n) is 5.05. The van der Waals surface area contributed by atoms with Crippen molar-refractivity contribution in [2.45, 2.75) is 13.3 Å². The SMILES string of the molecule is Cc1ccc(-c2noc(CCN(C)CCO)n2)cc1NC(=O)c1cnc2ccccn12. The van der Waals surface area contributed by atoms with Crippen LogP contribution in [0.4, 0.5) is 5.69 Å². The summed E-state index contributed by atoms with van der Waals surface area (Å²) in [4.78, 5) is 23.6. The second-order valence-corrected chi connectivity index (χ2v) is 7.34. The molecule has 2 N–H and O–H groups in total. The van der Waals surface area contributed by atoms with Crippen molar-refractivity contribution in [3.05, 3.63) is 65.9 Å². The van der Waals surface area contributed by atoms with Crippen molar-refractivity contribution < 1.29 is 14.4 Å². The Morgan fingerprint density at radius 1 is 1.26 bits per heavy atom. The number of anilines is 1. The number of carbonyl (C=O) groups is 1. The quantitative estimate of drug-likeness (QED) is 0.451. The molecule has 9 nitrogen and oxygen atoms in total. The minimum absolute atomic E-state index is 0.110. The summed E-state index contributed by atoms with van der Waals surface area (Å²) in [5.74, 6) is 0.737. The summed E-state index contributed by atoms with van der Waals surface area (Å²) in [5.41, 5.74) is 3.50. The number of hydrogen-bond acceptors (Lipinski definition) is 7. The number of benzene rings is 1. The average molecular weight is 420 g/mol. The molecule has 0 saturated carbocycles. The summed E-state index contributed by atoms with van der Waals surface area (Å²) < 4.78 is 7.10. The van der Waals surface area contributed by atoms with Crippen LogP contribution in [0.2, 0.25) is 0 Å². The van der Waals surface area contributed by atoms with Crippen LogP contribution in [0.1, 0.15) is 21.9 Å². The van der Waals surface area contributed by atoms with Crippen LogP contribution in [0.15, 0.2) is 53.3 Å². The molecule has 1 amide bonds. The number of rotatable bonds is 8. The highest BCUT2D eigenvalue weighted by molar-refractivity contribution is 6.04. The van der Waals surface area contributed by atoms with E-state index >= 15 is 0 Å². The maximum Gasteiger partial charge on any atom is 0.274 e. The van der Waals surface area contributed by atoms with Crippen LogP contribution >= 0.6 is 0 Å². The summed E-state index contributed by atoms with van der Waals surface area (Å²) in [5, 5.41) is 16.0. The second kappa shape index (κ2) is 9.07. The van der Waals surface area contributed by atoms with Gasteiger partial charge in [0.2, 0.25) is 11.7 Å². The standard InChI is InChI=1S/C22H24N6O3/c1-15-6-7-16(21-25-20(31-26-21)8-10-27(2)11-12-29)13-17(15)24-22(30)18-14-23-19-5-3-4-9-28(18)19/h3-7,9,13-14,29H,8,10-12H2,1-2H3,(H,24,30). The van der Waals surface area contributed by atoms with Crippen molar-refractivity contribution in [1.82, 2.24) is 24.4 Å². The first-order chi connectivity index (χ1) is 15.0. The lowest BCUT2D eigenvalue weighted by Gasteiger charge is -2.12. The molecular formula is C22H24N6O3. The maximum atomic E-state index is 12.9. The minimum atomic E-state index is -0.250. The van der Waals surface area contributed by atoms with Crippen LogP contribution < -0.4 is 5.32 Å². The van der Waals surface area contributed by atoms with Crippen LogP contribution in [0.25, 0.3) is 17.0 Å². The molecule has 0 aliphatic carbocycles. The number of hydrogen-bond donors (Lipinski definition) is 2. The van der Waals surface area contributed by atoms with Gasteiger partial charge < -0.3 is 19.8 Å². The van der Waals surface area contributed by atoms with Gasteiger partial charge in [0, 0.05) is 37.0 Å². The number of imidazole rings is 1. The van der Waals surface area contributed by atoms with Crippen LogP contribution in [0.5, 0.6) is 0 Å². The first kappa shape index (κ1) is 20.7. The van der Waals surface area contributed by atoms with Gasteiger partial charge in [-0.3, -0.25) is 9.20 Å². The summed E-state index contributed by atoms with van der Waals surface area (Å²) >= 11 is 0. The molecule has 0 atom stereocenters. The van der Waals surface area contributed by atoms with Crippen molar-refractivity contribution in [2.24, 2.45) is 0 Å². The highest BCUT2D eigenvalue weighted by Crippen LogP contribution is 2.24. The van der Waals surface area contributed by atoms with Crippen molar-refractivity contribution >= 4 is 17.2 Å². The highest BCUT2D eigenvalue weighted by atomic mass is 16.5. The first-order valence-electron chi connectivity index (χ1n) is 10.0. The molecule has 31 heavy (non-hydrogen) atoms. The lowest BCUT2D eigenvalue weighted by Crippen LogP contribution is -2.24. The predicted octanol–water partition coefficient (Wildman–Crippen LogP) is 2.41. The number of nitrogens with zero attached hydrogens (tertiary/aromatic N) is 5. The fraction of sp³-hybridized carbons (Fsp3) is 0.273. The van der Waals surface area contributed by atoms with Crippen molar-refractivity contribution in [3.8, 4) is 11.4 Å². The van der Waals surface area contributed by atoms with Crippen LogP contribution in [-0.2, 0) is 6.42 Å². The second-order valence-electron chi connectivity index (χ2n) is 7.34. The zero-order valence-corrected chi connectivity index (χ0v) is 17.4. The van der Waals surface area contributed by atoms with E-state index in [1.807, 2.05) is 55.3 Å². The molecule has 0 spiro atoms. The molecule has 0 saturated heterocycles. The van der Waals surface area contributed by atoms with Gasteiger partial charge in [0.15, 0.2) is 0 Å². The smallest absolute Gasteiger partial charge is 0.274 e. The molecule has 1 aromatic carbocycles. The van der Waals surface area contributed by atoms with E-state index < -0.39 is 0 Å². The molecule has 0 aliphatic heterocycles. The number of aliphatic hydroxyl groups is 1. The summed E-state index contributed by atoms with van der Waals surface area (Å²) in [6, 6.07) is 11.2. The molecule has 160 valence electrons. The van der Waals surface area contributed by atoms with Gasteiger partial charge in [0.25, 0.3) is 5.91 Å². The fourth-order valence-electron chi connectivity index (χ4n) is 3.23. The largest absolute Gasteiger partial charge is 0.395 e. The normalized spacial score (nSPS) is 11.4. The molecular weight excluding hydrogens is 396 g/mol. The average Bonchev–Trinajstić information content (AvgIpc) is 3.41. The lowest BCUT2D eigenvalue weighted by molar-refractivity contribution is 0.102. The van der Waals surface area contributed by atoms with Crippen LogP contribution in [-0.4, -0.2) is 62.2 Å². The Labute approximate surface area is 179 Å². The maximum absolute atomic E-state index is 12.9. The van der Waals surface area contributed by atoms with E-state index in [1.165, 1.54) is 0 Å². The summed E-state index contributed by atoms with van der Waals surface area (Å²) in [6.07, 6.45) is 3.95. The fourth-order valence-corrected chi connectivity index (χ4v) is 3.23. The van der Waals surface area contributed by atoms with Crippen molar-refractivity contribution in [2.75, 3.05) is 32.1 Å². The van der Waals surface area contributed by atoms with E-state index in [2.05, 4.69) is 20.4 Å². The van der Waals surface area contributed by atoms with Gasteiger partial charge in [-0.05, 0) is 37.7 Å². The third kappa shape index (κ3) is 4.62. The van der Waals surface area contributed by atoms with Crippen molar-refractivity contribution in [1.29, 1.82) is 0 Å². The molecule has 3 aromatic heterocycles. The van der Waals surface area contributed by atoms with E-state index in [9.17, 15) is 4.79 Å². The van der Waals surface area contributed by atoms with Gasteiger partial charge in [-0.2, -0.15) is 4.98 Å². The Bertz CT molecular complexity index is 1200. The lowest BCUT2D eigenvalue weighted by atomic mass is 10.1. The number of carbonyl (C=O) groups excluding carboxylic acids is 1. The number of likely N-dealkylation sites (N-methyl/N-ethyl adjacent to an activating group) is 1. The van der Waals surface area contributed by atoms with E-state index in [0.717, 1.165) is 11.1 Å². The minimum Gasteiger partial charge on any atom is -0.395 e. The number of aromatic nitrogens is 4. The number of aliphatic hydroxyl groups excluding tert-OH is 1. The van der Waals surface area contributed by atoms with Crippen molar-refractivity contribution in [3.63, 3.8) is 0 Å². The Morgan fingerprint density at radius 2 is 2.13 bits per heavy atom. The highest BCUT2D eigenvalue weighted by Gasteiger charge is 2.15. The predicted molar refractivity (Wildman–Crippen MR) is 116 cm³/mol. The van der Waals surface area contributed by atoms with Crippen LogP contribution in [0, 0.1) is 6.92 Å². The van der Waals surface area contributed by atoms with E-state index in [4.69, 9.17) is 9.63 Å². The van der Waals surface area contributed by atoms with Gasteiger partial charge in [0.05, 0.1) is 12.8 Å². The molecule has 9 heteroatoms. The monoisotopic (exact) mass is 420 g/mol. The zero-order chi connectivity index (χ0) is 21.8. The Balaban J connectivity index is 1.50. The van der Waals surface area contributed by atoms with E-state index in [1.54, 1.807) is 16.8 Å². The zero-order valence-electron chi connectivity index (χ0n) is 17.4. The van der Waals surface area contributed by atoms with E-state index in [0.29, 0.717) is 48.3 Å². The topological polar surface area (TPSA) is 109 Å². The number of fused-ring (bicyclic) bond motifs is 1. The van der Waals surface area contributed by atoms with Gasteiger partial charge in [-0.1, -0.05) is 23.4 Å². The molecule has 0 unspecified atom stereocenters. The number of amides is 1. The third-order valence-corrected chi connectivity index (χ3v) is 5.05. The molecule has 0 bridgehead atoms. The molecule has 0 radical (unpaired) electrons. The van der Waals surface area contributed by atoms with Gasteiger partial charge in [-0.15, -0.1) is 0 Å². The molecule has 3 heterocycles.